The van der Waals surface area contributed by atoms with Gasteiger partial charge in [0.2, 0.25) is 5.88 Å². The van der Waals surface area contributed by atoms with Crippen molar-refractivity contribution in [3.8, 4) is 5.75 Å². The molecule has 2 aromatic rings. The van der Waals surface area contributed by atoms with Gasteiger partial charge < -0.3 is 19.2 Å². The van der Waals surface area contributed by atoms with Crippen molar-refractivity contribution >= 4 is 47.9 Å². The van der Waals surface area contributed by atoms with E-state index in [-0.39, 0.29) is 36.1 Å². The van der Waals surface area contributed by atoms with E-state index in [9.17, 15) is 9.90 Å². The van der Waals surface area contributed by atoms with Gasteiger partial charge in [0.05, 0.1) is 6.61 Å². The highest BCUT2D eigenvalue weighted by Gasteiger charge is 2.29. The third-order valence-corrected chi connectivity index (χ3v) is 4.13. The number of carbonyl (C=O) groups excluding carboxylic acids is 1. The number of aromatic hydroxyl groups is 1. The molecule has 7 nitrogen and oxygen atoms in total. The summed E-state index contributed by atoms with van der Waals surface area (Å²) in [5, 5.41) is 10.6. The highest BCUT2D eigenvalue weighted by molar-refractivity contribution is 6.21. The number of furan rings is 1. The van der Waals surface area contributed by atoms with E-state index in [0.717, 1.165) is 11.1 Å². The first kappa shape index (κ1) is 20.5. The summed E-state index contributed by atoms with van der Waals surface area (Å²) in [6.45, 7) is 7.07. The Bertz CT molecular complexity index is 885. The van der Waals surface area contributed by atoms with Gasteiger partial charge in [-0.2, -0.15) is 0 Å². The first-order valence-electron chi connectivity index (χ1n) is 8.59. The molecule has 0 bridgehead atoms. The maximum atomic E-state index is 12.3. The molecule has 0 radical (unpaired) electrons. The van der Waals surface area contributed by atoms with Crippen LogP contribution in [0.5, 0.6) is 5.75 Å². The van der Waals surface area contributed by atoms with Crippen LogP contribution < -0.4 is 4.90 Å². The lowest BCUT2D eigenvalue weighted by Gasteiger charge is -2.18. The predicted octanol–water partition coefficient (Wildman–Crippen LogP) is 4.08. The SMILES string of the molecule is CCOC(=O)c1c(N(CC)CC)oc(/C=C2\C=Nc3ncccc32)c1O.Cl. The fourth-order valence-electron chi connectivity index (χ4n) is 2.83. The number of aromatic nitrogens is 1. The van der Waals surface area contributed by atoms with Gasteiger partial charge in [-0.3, -0.25) is 0 Å². The van der Waals surface area contributed by atoms with Gasteiger partial charge in [-0.1, -0.05) is 0 Å². The lowest BCUT2D eigenvalue weighted by molar-refractivity contribution is 0.0523. The number of anilines is 1. The molecule has 1 aliphatic rings. The average Bonchev–Trinajstić information content (AvgIpc) is 3.19. The van der Waals surface area contributed by atoms with Gasteiger partial charge in [0, 0.05) is 36.6 Å². The van der Waals surface area contributed by atoms with Crippen molar-refractivity contribution in [2.45, 2.75) is 20.8 Å². The maximum Gasteiger partial charge on any atom is 0.347 e. The second-order valence-corrected chi connectivity index (χ2v) is 5.62. The number of pyridine rings is 1. The molecule has 0 amide bonds. The van der Waals surface area contributed by atoms with Gasteiger partial charge >= 0.3 is 5.97 Å². The monoisotopic (exact) mass is 391 g/mol. The number of aliphatic imine (C=N–C) groups is 1. The Morgan fingerprint density at radius 2 is 2.07 bits per heavy atom. The average molecular weight is 392 g/mol. The molecule has 2 aromatic heterocycles. The number of ether oxygens (including phenoxy) is 1. The van der Waals surface area contributed by atoms with Crippen LogP contribution in [0.2, 0.25) is 0 Å². The van der Waals surface area contributed by atoms with Crippen LogP contribution in [0.15, 0.2) is 27.7 Å². The first-order chi connectivity index (χ1) is 12.6. The molecule has 1 N–H and O–H groups in total. The fourth-order valence-corrected chi connectivity index (χ4v) is 2.83. The van der Waals surface area contributed by atoms with Crippen LogP contribution in [0.3, 0.4) is 0 Å². The van der Waals surface area contributed by atoms with Crippen LogP contribution in [-0.2, 0) is 4.74 Å². The van der Waals surface area contributed by atoms with Crippen molar-refractivity contribution in [2.24, 2.45) is 4.99 Å². The zero-order chi connectivity index (χ0) is 18.7. The minimum Gasteiger partial charge on any atom is -0.504 e. The molecule has 3 heterocycles. The molecule has 27 heavy (non-hydrogen) atoms. The molecular formula is C19H22ClN3O4. The van der Waals surface area contributed by atoms with Crippen molar-refractivity contribution in [2.75, 3.05) is 24.6 Å². The van der Waals surface area contributed by atoms with Crippen LogP contribution in [0.1, 0.15) is 42.5 Å². The number of nitrogens with zero attached hydrogens (tertiary/aromatic N) is 3. The summed E-state index contributed by atoms with van der Waals surface area (Å²) in [4.78, 5) is 22.6. The van der Waals surface area contributed by atoms with Gasteiger partial charge in [-0.25, -0.2) is 14.8 Å². The zero-order valence-corrected chi connectivity index (χ0v) is 16.2. The van der Waals surface area contributed by atoms with Gasteiger partial charge in [-0.05, 0) is 39.0 Å². The first-order valence-corrected chi connectivity index (χ1v) is 8.59. The van der Waals surface area contributed by atoms with Gasteiger partial charge in [0.15, 0.2) is 22.9 Å². The molecule has 0 fully saturated rings. The second kappa shape index (κ2) is 8.73. The van der Waals surface area contributed by atoms with Crippen LogP contribution in [0.25, 0.3) is 11.6 Å². The van der Waals surface area contributed by atoms with Crippen LogP contribution in [0.4, 0.5) is 11.7 Å². The van der Waals surface area contributed by atoms with Crippen molar-refractivity contribution < 1.29 is 19.1 Å². The molecule has 0 atom stereocenters. The summed E-state index contributed by atoms with van der Waals surface area (Å²) < 4.78 is 10.9. The number of carbonyl (C=O) groups is 1. The topological polar surface area (TPSA) is 88.2 Å². The molecule has 0 spiro atoms. The van der Waals surface area contributed by atoms with Gasteiger partial charge in [-0.15, -0.1) is 12.4 Å². The molecule has 1 aliphatic heterocycles. The van der Waals surface area contributed by atoms with Crippen LogP contribution in [0, 0.1) is 0 Å². The summed E-state index contributed by atoms with van der Waals surface area (Å²) >= 11 is 0. The number of halogens is 1. The standard InChI is InChI=1S/C19H21N3O4.ClH/c1-4-22(5-2)18-15(19(24)25-6-3)16(23)14(26-18)10-12-11-21-17-13(12)8-7-9-20-17;/h7-11,23H,4-6H2,1-3H3;1H/b12-10+;. The molecule has 0 unspecified atom stereocenters. The molecule has 0 aromatic carbocycles. The summed E-state index contributed by atoms with van der Waals surface area (Å²) in [5.41, 5.74) is 1.63. The van der Waals surface area contributed by atoms with E-state index >= 15 is 0 Å². The third kappa shape index (κ3) is 3.83. The number of hydrogen-bond acceptors (Lipinski definition) is 7. The summed E-state index contributed by atoms with van der Waals surface area (Å²) in [7, 11) is 0. The Hall–Kier alpha value is -2.80. The van der Waals surface area contributed by atoms with E-state index in [1.54, 1.807) is 25.4 Å². The van der Waals surface area contributed by atoms with Gasteiger partial charge in [0.1, 0.15) is 0 Å². The quantitative estimate of drug-likeness (QED) is 0.746. The molecule has 0 aliphatic carbocycles. The zero-order valence-electron chi connectivity index (χ0n) is 15.4. The number of esters is 1. The van der Waals surface area contributed by atoms with Crippen molar-refractivity contribution in [1.29, 1.82) is 0 Å². The lowest BCUT2D eigenvalue weighted by atomic mass is 10.1. The summed E-state index contributed by atoms with van der Waals surface area (Å²) in [6, 6.07) is 3.70. The van der Waals surface area contributed by atoms with E-state index in [0.29, 0.717) is 24.8 Å². The third-order valence-electron chi connectivity index (χ3n) is 4.13. The molecule has 3 rings (SSSR count). The lowest BCUT2D eigenvalue weighted by Crippen LogP contribution is -2.23. The van der Waals surface area contributed by atoms with Crippen LogP contribution in [-0.4, -0.2) is 42.0 Å². The van der Waals surface area contributed by atoms with Crippen molar-refractivity contribution in [3.05, 3.63) is 35.2 Å². The predicted molar refractivity (Wildman–Crippen MR) is 107 cm³/mol. The van der Waals surface area contributed by atoms with E-state index in [1.807, 2.05) is 30.9 Å². The Balaban J connectivity index is 0.00000261. The molecule has 0 saturated heterocycles. The van der Waals surface area contributed by atoms with Crippen molar-refractivity contribution in [3.63, 3.8) is 0 Å². The summed E-state index contributed by atoms with van der Waals surface area (Å²) in [6.07, 6.45) is 4.98. The van der Waals surface area contributed by atoms with E-state index in [1.165, 1.54) is 0 Å². The Morgan fingerprint density at radius 3 is 2.74 bits per heavy atom. The highest BCUT2D eigenvalue weighted by Crippen LogP contribution is 2.39. The minimum atomic E-state index is -0.609. The molecule has 8 heteroatoms. The van der Waals surface area contributed by atoms with E-state index < -0.39 is 5.97 Å². The normalized spacial score (nSPS) is 13.4. The summed E-state index contributed by atoms with van der Waals surface area (Å²) in [5.74, 6) is 0.262. The highest BCUT2D eigenvalue weighted by atomic mass is 35.5. The number of hydrogen-bond donors (Lipinski definition) is 1. The number of fused-ring (bicyclic) bond motifs is 1. The van der Waals surface area contributed by atoms with Crippen LogP contribution >= 0.6 is 12.4 Å². The Morgan fingerprint density at radius 1 is 1.33 bits per heavy atom. The van der Waals surface area contributed by atoms with E-state index in [4.69, 9.17) is 9.15 Å². The second-order valence-electron chi connectivity index (χ2n) is 5.62. The molecule has 0 saturated carbocycles. The van der Waals surface area contributed by atoms with Gasteiger partial charge in [0.25, 0.3) is 0 Å². The van der Waals surface area contributed by atoms with E-state index in [2.05, 4.69) is 9.98 Å². The minimum absolute atomic E-state index is 0. The largest absolute Gasteiger partial charge is 0.504 e. The molecular weight excluding hydrogens is 370 g/mol. The fraction of sp³-hybridized carbons (Fsp3) is 0.316. The maximum absolute atomic E-state index is 12.3. The number of allylic oxidation sites excluding steroid dienone is 1. The smallest absolute Gasteiger partial charge is 0.347 e. The van der Waals surface area contributed by atoms with Crippen molar-refractivity contribution in [1.82, 2.24) is 4.98 Å². The Labute approximate surface area is 163 Å². The number of rotatable bonds is 6. The molecule has 144 valence electrons. The Kier molecular flexibility index (Phi) is 6.63.